The van der Waals surface area contributed by atoms with Gasteiger partial charge in [-0.2, -0.15) is 5.26 Å². The molecule has 0 aliphatic heterocycles. The first-order valence-corrected chi connectivity index (χ1v) is 12.1. The van der Waals surface area contributed by atoms with Gasteiger partial charge in [-0.25, -0.2) is 4.98 Å². The van der Waals surface area contributed by atoms with Gasteiger partial charge in [-0.3, -0.25) is 19.7 Å². The van der Waals surface area contributed by atoms with E-state index in [1.54, 1.807) is 42.5 Å². The molecule has 2 aromatic heterocycles. The number of H-pyrrole nitrogens is 1. The molecule has 4 rings (SSSR count). The van der Waals surface area contributed by atoms with E-state index in [1.807, 2.05) is 6.92 Å². The molecule has 0 atom stereocenters. The summed E-state index contributed by atoms with van der Waals surface area (Å²) in [4.78, 5) is 42.4. The number of carbonyl (C=O) groups is 1. The Bertz CT molecular complexity index is 1560. The molecule has 0 aliphatic rings. The number of non-ortho nitro benzene ring substituents is 1. The van der Waals surface area contributed by atoms with Gasteiger partial charge in [0.25, 0.3) is 11.2 Å². The van der Waals surface area contributed by atoms with Crippen molar-refractivity contribution >= 4 is 29.0 Å². The number of nitriles is 1. The molecular weight excluding hydrogens is 514 g/mol. The second-order valence-electron chi connectivity index (χ2n) is 7.50. The lowest BCUT2D eigenvalue weighted by atomic mass is 10.2. The van der Waals surface area contributed by atoms with E-state index in [4.69, 9.17) is 13.9 Å². The van der Waals surface area contributed by atoms with Crippen LogP contribution >= 0.6 is 11.8 Å². The van der Waals surface area contributed by atoms with Gasteiger partial charge in [0.2, 0.25) is 5.91 Å². The number of rotatable bonds is 10. The van der Waals surface area contributed by atoms with Crippen LogP contribution in [0.2, 0.25) is 0 Å². The highest BCUT2D eigenvalue weighted by molar-refractivity contribution is 7.99. The molecule has 0 radical (unpaired) electrons. The zero-order valence-corrected chi connectivity index (χ0v) is 20.6. The summed E-state index contributed by atoms with van der Waals surface area (Å²) >= 11 is 0.908. The Kier molecular flexibility index (Phi) is 8.04. The Morgan fingerprint density at radius 3 is 2.63 bits per heavy atom. The van der Waals surface area contributed by atoms with Crippen LogP contribution in [0.25, 0.3) is 11.5 Å². The molecule has 0 fully saturated rings. The normalized spacial score (nSPS) is 10.4. The van der Waals surface area contributed by atoms with Crippen molar-refractivity contribution in [1.82, 2.24) is 9.97 Å². The molecule has 192 valence electrons. The number of aromatic nitrogens is 2. The van der Waals surface area contributed by atoms with Crippen molar-refractivity contribution in [3.63, 3.8) is 0 Å². The number of nitrogens with one attached hydrogen (secondary N) is 2. The summed E-state index contributed by atoms with van der Waals surface area (Å²) in [5, 5.41) is 23.4. The maximum atomic E-state index is 12.6. The molecule has 0 bridgehead atoms. The largest absolute Gasteiger partial charge is 0.494 e. The summed E-state index contributed by atoms with van der Waals surface area (Å²) in [6, 6.07) is 15.5. The maximum Gasteiger partial charge on any atom is 0.275 e. The first-order valence-electron chi connectivity index (χ1n) is 11.1. The molecule has 2 aromatic carbocycles. The van der Waals surface area contributed by atoms with E-state index in [0.717, 1.165) is 11.8 Å². The molecule has 0 spiro atoms. The zero-order chi connectivity index (χ0) is 27.1. The number of ether oxygens (including phenoxy) is 2. The number of amides is 1. The van der Waals surface area contributed by atoms with Crippen LogP contribution < -0.4 is 20.3 Å². The quantitative estimate of drug-likeness (QED) is 0.125. The van der Waals surface area contributed by atoms with E-state index >= 15 is 0 Å². The molecule has 2 heterocycles. The van der Waals surface area contributed by atoms with Gasteiger partial charge in [-0.05, 0) is 43.3 Å². The molecule has 4 aromatic rings. The Hall–Kier alpha value is -5.09. The Labute approximate surface area is 219 Å². The van der Waals surface area contributed by atoms with Crippen LogP contribution in [-0.4, -0.2) is 33.2 Å². The third-order valence-corrected chi connectivity index (χ3v) is 5.73. The van der Waals surface area contributed by atoms with Crippen molar-refractivity contribution in [2.45, 2.75) is 12.1 Å². The second-order valence-corrected chi connectivity index (χ2v) is 8.46. The molecule has 38 heavy (non-hydrogen) atoms. The average Bonchev–Trinajstić information content (AvgIpc) is 3.43. The van der Waals surface area contributed by atoms with Gasteiger partial charge in [0, 0.05) is 12.1 Å². The highest BCUT2D eigenvalue weighted by Crippen LogP contribution is 2.31. The third kappa shape index (κ3) is 6.37. The van der Waals surface area contributed by atoms with Crippen molar-refractivity contribution in [1.29, 1.82) is 5.26 Å². The maximum absolute atomic E-state index is 12.6. The van der Waals surface area contributed by atoms with Crippen LogP contribution in [-0.2, 0) is 4.79 Å². The smallest absolute Gasteiger partial charge is 0.275 e. The van der Waals surface area contributed by atoms with Gasteiger partial charge >= 0.3 is 0 Å². The van der Waals surface area contributed by atoms with E-state index in [0.29, 0.717) is 18.1 Å². The second kappa shape index (κ2) is 11.8. The van der Waals surface area contributed by atoms with Crippen LogP contribution in [0.5, 0.6) is 17.2 Å². The first-order chi connectivity index (χ1) is 18.4. The number of carbonyl (C=O) groups excluding carboxylic acids is 1. The molecule has 13 heteroatoms. The molecule has 0 saturated heterocycles. The van der Waals surface area contributed by atoms with E-state index in [1.165, 1.54) is 24.5 Å². The number of nitro benzene ring substituents is 1. The topological polar surface area (TPSA) is 173 Å². The standard InChI is InChI=1S/C25H19N5O7S/c1-2-35-17-5-7-18(8-6-17)37-19-11-15(10-16(12-19)30(33)34)27-22(31)14-38-25-28-23(21-4-3-9-36-21)20(13-26)24(32)29-25/h3-12H,2,14H2,1H3,(H,27,31)(H,28,29,32). The van der Waals surface area contributed by atoms with Gasteiger partial charge < -0.3 is 24.2 Å². The van der Waals surface area contributed by atoms with E-state index in [-0.39, 0.29) is 45.1 Å². The van der Waals surface area contributed by atoms with Crippen LogP contribution in [0.3, 0.4) is 0 Å². The number of thioether (sulfide) groups is 1. The molecule has 2 N–H and O–H groups in total. The minimum Gasteiger partial charge on any atom is -0.494 e. The number of nitro groups is 1. The van der Waals surface area contributed by atoms with Crippen LogP contribution in [0.15, 0.2) is 75.2 Å². The molecule has 0 saturated carbocycles. The molecule has 0 aliphatic carbocycles. The fourth-order valence-corrected chi connectivity index (χ4v) is 3.93. The number of furan rings is 1. The average molecular weight is 534 g/mol. The first kappa shape index (κ1) is 26.0. The Balaban J connectivity index is 1.47. The predicted molar refractivity (Wildman–Crippen MR) is 137 cm³/mol. The molecule has 0 unspecified atom stereocenters. The lowest BCUT2D eigenvalue weighted by Crippen LogP contribution is -2.17. The monoisotopic (exact) mass is 533 g/mol. The van der Waals surface area contributed by atoms with Gasteiger partial charge in [0.05, 0.1) is 35.3 Å². The number of nitrogens with zero attached hydrogens (tertiary/aromatic N) is 3. The third-order valence-electron chi connectivity index (χ3n) is 4.86. The van der Waals surface area contributed by atoms with Crippen molar-refractivity contribution in [3.8, 4) is 34.8 Å². The predicted octanol–water partition coefficient (Wildman–Crippen LogP) is 4.73. The highest BCUT2D eigenvalue weighted by atomic mass is 32.2. The van der Waals surface area contributed by atoms with Crippen molar-refractivity contribution < 1.29 is 23.6 Å². The summed E-state index contributed by atoms with van der Waals surface area (Å²) in [6.45, 7) is 2.37. The van der Waals surface area contributed by atoms with E-state index in [2.05, 4.69) is 15.3 Å². The van der Waals surface area contributed by atoms with E-state index < -0.39 is 16.4 Å². The number of benzene rings is 2. The van der Waals surface area contributed by atoms with Crippen molar-refractivity contribution in [3.05, 3.63) is 86.9 Å². The highest BCUT2D eigenvalue weighted by Gasteiger charge is 2.17. The Morgan fingerprint density at radius 1 is 1.21 bits per heavy atom. The molecular formula is C25H19N5O7S. The van der Waals surface area contributed by atoms with Gasteiger partial charge in [-0.15, -0.1) is 0 Å². The fraction of sp³-hybridized carbons (Fsp3) is 0.120. The number of hydrogen-bond donors (Lipinski definition) is 2. The van der Waals surface area contributed by atoms with Crippen molar-refractivity contribution in [2.75, 3.05) is 17.7 Å². The molecule has 12 nitrogen and oxygen atoms in total. The summed E-state index contributed by atoms with van der Waals surface area (Å²) in [7, 11) is 0. The number of aromatic amines is 1. The van der Waals surface area contributed by atoms with Gasteiger partial charge in [0.1, 0.15) is 34.6 Å². The van der Waals surface area contributed by atoms with Crippen molar-refractivity contribution in [2.24, 2.45) is 0 Å². The summed E-state index contributed by atoms with van der Waals surface area (Å²) in [5.41, 5.74) is -0.975. The lowest BCUT2D eigenvalue weighted by Gasteiger charge is -2.10. The fourth-order valence-electron chi connectivity index (χ4n) is 3.27. The number of anilines is 1. The Morgan fingerprint density at radius 2 is 1.97 bits per heavy atom. The summed E-state index contributed by atoms with van der Waals surface area (Å²) in [6.07, 6.45) is 1.38. The molecule has 1 amide bonds. The van der Waals surface area contributed by atoms with Gasteiger partial charge in [-0.1, -0.05) is 11.8 Å². The zero-order valence-electron chi connectivity index (χ0n) is 19.8. The van der Waals surface area contributed by atoms with Gasteiger partial charge in [0.15, 0.2) is 10.9 Å². The lowest BCUT2D eigenvalue weighted by molar-refractivity contribution is -0.384. The minimum absolute atomic E-state index is 0.0546. The summed E-state index contributed by atoms with van der Waals surface area (Å²) < 4.78 is 16.4. The summed E-state index contributed by atoms with van der Waals surface area (Å²) in [5.74, 6) is 0.741. The van der Waals surface area contributed by atoms with Crippen LogP contribution in [0.1, 0.15) is 12.5 Å². The van der Waals surface area contributed by atoms with Crippen LogP contribution in [0.4, 0.5) is 11.4 Å². The van der Waals surface area contributed by atoms with E-state index in [9.17, 15) is 25.0 Å². The number of hydrogen-bond acceptors (Lipinski definition) is 10. The minimum atomic E-state index is -0.674. The van der Waals surface area contributed by atoms with Crippen LogP contribution in [0, 0.1) is 21.4 Å². The SMILES string of the molecule is CCOc1ccc(Oc2cc(NC(=O)CSc3nc(-c4ccco4)c(C#N)c(=O)[nH]3)cc([N+](=O)[O-])c2)cc1.